The van der Waals surface area contributed by atoms with E-state index >= 15 is 0 Å². The van der Waals surface area contributed by atoms with Crippen molar-refractivity contribution in [3.8, 4) is 0 Å². The molecular weight excluding hydrogens is 162 g/mol. The first-order valence-corrected chi connectivity index (χ1v) is 4.58. The minimum atomic E-state index is -0.0371. The smallest absolute Gasteiger partial charge is 0.0449 e. The summed E-state index contributed by atoms with van der Waals surface area (Å²) in [5.74, 6) is 0. The molecule has 0 fully saturated rings. The number of aliphatic hydroxyl groups excluding tert-OH is 1. The minimum absolute atomic E-state index is 0.0371. The van der Waals surface area contributed by atoms with Crippen LogP contribution in [0.2, 0.25) is 0 Å². The second-order valence-corrected chi connectivity index (χ2v) is 3.48. The Hall–Kier alpha value is -0.860. The van der Waals surface area contributed by atoms with E-state index in [9.17, 15) is 0 Å². The molecule has 0 spiro atoms. The monoisotopic (exact) mass is 179 g/mol. The molecule has 1 aromatic carbocycles. The summed E-state index contributed by atoms with van der Waals surface area (Å²) < 4.78 is 0. The van der Waals surface area contributed by atoms with Crippen LogP contribution in [0, 0.1) is 13.8 Å². The third-order valence-corrected chi connectivity index (χ3v) is 2.27. The van der Waals surface area contributed by atoms with Crippen molar-refractivity contribution in [3.63, 3.8) is 0 Å². The normalized spacial score (nSPS) is 12.9. The summed E-state index contributed by atoms with van der Waals surface area (Å²) in [5.41, 5.74) is 9.48. The molecule has 1 atom stereocenters. The van der Waals surface area contributed by atoms with E-state index in [1.807, 2.05) is 6.92 Å². The van der Waals surface area contributed by atoms with E-state index in [-0.39, 0.29) is 12.6 Å². The standard InChI is InChI=1S/C11H17NO/c1-8-3-4-9(2)10(7-8)11(12)5-6-13/h3-4,7,11,13H,5-6,12H2,1-2H3. The molecule has 0 saturated heterocycles. The maximum Gasteiger partial charge on any atom is 0.0449 e. The third-order valence-electron chi connectivity index (χ3n) is 2.27. The number of rotatable bonds is 3. The molecule has 0 bridgehead atoms. The van der Waals surface area contributed by atoms with E-state index in [0.29, 0.717) is 6.42 Å². The van der Waals surface area contributed by atoms with Gasteiger partial charge in [-0.05, 0) is 31.4 Å². The topological polar surface area (TPSA) is 46.2 Å². The molecule has 2 nitrogen and oxygen atoms in total. The predicted octanol–water partition coefficient (Wildman–Crippen LogP) is 1.69. The molecule has 0 aliphatic carbocycles. The maximum atomic E-state index is 8.78. The predicted molar refractivity (Wildman–Crippen MR) is 54.5 cm³/mol. The molecule has 0 aliphatic heterocycles. The number of aliphatic hydroxyl groups is 1. The molecule has 0 heterocycles. The Morgan fingerprint density at radius 1 is 1.38 bits per heavy atom. The van der Waals surface area contributed by atoms with E-state index in [1.54, 1.807) is 0 Å². The summed E-state index contributed by atoms with van der Waals surface area (Å²) in [5, 5.41) is 8.78. The molecule has 1 aromatic rings. The fraction of sp³-hybridized carbons (Fsp3) is 0.455. The Morgan fingerprint density at radius 3 is 2.69 bits per heavy atom. The van der Waals surface area contributed by atoms with Crippen LogP contribution in [0.4, 0.5) is 0 Å². The van der Waals surface area contributed by atoms with Crippen LogP contribution in [0.3, 0.4) is 0 Å². The number of hydrogen-bond donors (Lipinski definition) is 2. The largest absolute Gasteiger partial charge is 0.396 e. The quantitative estimate of drug-likeness (QED) is 0.741. The summed E-state index contributed by atoms with van der Waals surface area (Å²) >= 11 is 0. The highest BCUT2D eigenvalue weighted by atomic mass is 16.3. The van der Waals surface area contributed by atoms with Gasteiger partial charge in [-0.3, -0.25) is 0 Å². The SMILES string of the molecule is Cc1ccc(C)c(C(N)CCO)c1. The highest BCUT2D eigenvalue weighted by Crippen LogP contribution is 2.19. The summed E-state index contributed by atoms with van der Waals surface area (Å²) in [6.45, 7) is 4.25. The van der Waals surface area contributed by atoms with Gasteiger partial charge in [0.1, 0.15) is 0 Å². The minimum Gasteiger partial charge on any atom is -0.396 e. The van der Waals surface area contributed by atoms with Crippen molar-refractivity contribution in [1.29, 1.82) is 0 Å². The summed E-state index contributed by atoms with van der Waals surface area (Å²) in [6, 6.07) is 6.20. The second-order valence-electron chi connectivity index (χ2n) is 3.48. The van der Waals surface area contributed by atoms with Crippen molar-refractivity contribution in [2.24, 2.45) is 5.73 Å². The van der Waals surface area contributed by atoms with Gasteiger partial charge in [0, 0.05) is 12.6 Å². The number of hydrogen-bond acceptors (Lipinski definition) is 2. The average molecular weight is 179 g/mol. The van der Waals surface area contributed by atoms with Crippen LogP contribution in [0.1, 0.15) is 29.2 Å². The Morgan fingerprint density at radius 2 is 2.08 bits per heavy atom. The Balaban J connectivity index is 2.91. The molecular formula is C11H17NO. The first kappa shape index (κ1) is 10.2. The second kappa shape index (κ2) is 4.40. The lowest BCUT2D eigenvalue weighted by atomic mass is 9.98. The zero-order valence-corrected chi connectivity index (χ0v) is 8.25. The van der Waals surface area contributed by atoms with Crippen LogP contribution in [-0.4, -0.2) is 11.7 Å². The number of aryl methyl sites for hydroxylation is 2. The Bertz CT molecular complexity index is 283. The van der Waals surface area contributed by atoms with Crippen molar-refractivity contribution in [2.75, 3.05) is 6.61 Å². The Kier molecular flexibility index (Phi) is 3.46. The van der Waals surface area contributed by atoms with Gasteiger partial charge in [-0.2, -0.15) is 0 Å². The fourth-order valence-electron chi connectivity index (χ4n) is 1.45. The third kappa shape index (κ3) is 2.54. The van der Waals surface area contributed by atoms with Gasteiger partial charge < -0.3 is 10.8 Å². The van der Waals surface area contributed by atoms with E-state index < -0.39 is 0 Å². The van der Waals surface area contributed by atoms with Crippen LogP contribution < -0.4 is 5.73 Å². The molecule has 2 heteroatoms. The summed E-state index contributed by atoms with van der Waals surface area (Å²) in [6.07, 6.45) is 0.629. The van der Waals surface area contributed by atoms with Gasteiger partial charge in [-0.15, -0.1) is 0 Å². The lowest BCUT2D eigenvalue weighted by Gasteiger charge is -2.14. The van der Waals surface area contributed by atoms with Crippen molar-refractivity contribution < 1.29 is 5.11 Å². The molecule has 72 valence electrons. The van der Waals surface area contributed by atoms with Crippen molar-refractivity contribution in [1.82, 2.24) is 0 Å². The molecule has 1 unspecified atom stereocenters. The fourth-order valence-corrected chi connectivity index (χ4v) is 1.45. The highest BCUT2D eigenvalue weighted by molar-refractivity contribution is 5.32. The van der Waals surface area contributed by atoms with Gasteiger partial charge in [0.25, 0.3) is 0 Å². The molecule has 3 N–H and O–H groups in total. The van der Waals surface area contributed by atoms with Gasteiger partial charge in [0.15, 0.2) is 0 Å². The zero-order valence-electron chi connectivity index (χ0n) is 8.25. The van der Waals surface area contributed by atoms with Gasteiger partial charge in [-0.1, -0.05) is 23.8 Å². The maximum absolute atomic E-state index is 8.78. The van der Waals surface area contributed by atoms with Gasteiger partial charge >= 0.3 is 0 Å². The molecule has 13 heavy (non-hydrogen) atoms. The van der Waals surface area contributed by atoms with Gasteiger partial charge in [-0.25, -0.2) is 0 Å². The Labute approximate surface area is 79.4 Å². The number of nitrogens with two attached hydrogens (primary N) is 1. The van der Waals surface area contributed by atoms with Crippen LogP contribution in [-0.2, 0) is 0 Å². The van der Waals surface area contributed by atoms with Gasteiger partial charge in [0.05, 0.1) is 0 Å². The van der Waals surface area contributed by atoms with Crippen molar-refractivity contribution in [2.45, 2.75) is 26.3 Å². The highest BCUT2D eigenvalue weighted by Gasteiger charge is 2.07. The number of benzene rings is 1. The van der Waals surface area contributed by atoms with Crippen LogP contribution >= 0.6 is 0 Å². The van der Waals surface area contributed by atoms with Crippen molar-refractivity contribution in [3.05, 3.63) is 34.9 Å². The van der Waals surface area contributed by atoms with E-state index in [0.717, 1.165) is 5.56 Å². The molecule has 0 saturated carbocycles. The van der Waals surface area contributed by atoms with Crippen LogP contribution in [0.15, 0.2) is 18.2 Å². The lowest BCUT2D eigenvalue weighted by molar-refractivity contribution is 0.276. The summed E-state index contributed by atoms with van der Waals surface area (Å²) in [4.78, 5) is 0. The molecule has 0 aliphatic rings. The zero-order chi connectivity index (χ0) is 9.84. The first-order valence-electron chi connectivity index (χ1n) is 4.58. The molecule has 0 radical (unpaired) electrons. The average Bonchev–Trinajstić information content (AvgIpc) is 2.09. The van der Waals surface area contributed by atoms with Crippen molar-refractivity contribution >= 4 is 0 Å². The summed E-state index contributed by atoms with van der Waals surface area (Å²) in [7, 11) is 0. The van der Waals surface area contributed by atoms with E-state index in [4.69, 9.17) is 10.8 Å². The molecule has 0 amide bonds. The molecule has 1 rings (SSSR count). The van der Waals surface area contributed by atoms with Gasteiger partial charge in [0.2, 0.25) is 0 Å². The first-order chi connectivity index (χ1) is 6.15. The lowest BCUT2D eigenvalue weighted by Crippen LogP contribution is -2.13. The van der Waals surface area contributed by atoms with E-state index in [2.05, 4.69) is 25.1 Å². The van der Waals surface area contributed by atoms with Crippen LogP contribution in [0.25, 0.3) is 0 Å². The van der Waals surface area contributed by atoms with Crippen LogP contribution in [0.5, 0.6) is 0 Å². The van der Waals surface area contributed by atoms with E-state index in [1.165, 1.54) is 11.1 Å². The molecule has 0 aromatic heterocycles.